The highest BCUT2D eigenvalue weighted by atomic mass is 28.5. The second kappa shape index (κ2) is 5.95. The van der Waals surface area contributed by atoms with E-state index in [4.69, 9.17) is 8.23 Å². The van der Waals surface area contributed by atoms with E-state index in [1.54, 1.807) is 0 Å². The minimum Gasteiger partial charge on any atom is -0.436 e. The lowest BCUT2D eigenvalue weighted by Gasteiger charge is -2.40. The van der Waals surface area contributed by atoms with Crippen molar-refractivity contribution in [2.45, 2.75) is 71.6 Å². The van der Waals surface area contributed by atoms with E-state index in [0.717, 1.165) is 12.1 Å². The van der Waals surface area contributed by atoms with Crippen LogP contribution in [0.25, 0.3) is 0 Å². The monoisotopic (exact) mass is 278 g/mol. The first kappa shape index (κ1) is 16.6. The summed E-state index contributed by atoms with van der Waals surface area (Å²) in [4.78, 5) is 0. The van der Waals surface area contributed by atoms with Crippen molar-refractivity contribution in [2.75, 3.05) is 0 Å². The number of hydrogen-bond donors (Lipinski definition) is 0. The standard InChI is InChI=1S/C11H30O2Si3/c1-9-11-16(10-2,12-14(3,4)5)13-15(6,7)8/h9-11H2,1-8H3. The largest absolute Gasteiger partial charge is 0.436 e. The Morgan fingerprint density at radius 3 is 1.31 bits per heavy atom. The third kappa shape index (κ3) is 7.01. The summed E-state index contributed by atoms with van der Waals surface area (Å²) >= 11 is 0. The van der Waals surface area contributed by atoms with Crippen molar-refractivity contribution in [1.29, 1.82) is 0 Å². The minimum atomic E-state index is -1.92. The molecule has 0 saturated carbocycles. The molecule has 0 radical (unpaired) electrons. The molecule has 0 aromatic rings. The predicted molar refractivity (Wildman–Crippen MR) is 80.2 cm³/mol. The van der Waals surface area contributed by atoms with Crippen LogP contribution in [0.15, 0.2) is 0 Å². The molecule has 0 aromatic carbocycles. The van der Waals surface area contributed by atoms with Crippen molar-refractivity contribution in [3.8, 4) is 0 Å². The third-order valence-electron chi connectivity index (χ3n) is 2.15. The van der Waals surface area contributed by atoms with Crippen molar-refractivity contribution < 1.29 is 8.23 Å². The van der Waals surface area contributed by atoms with Gasteiger partial charge in [-0.3, -0.25) is 0 Å². The van der Waals surface area contributed by atoms with Gasteiger partial charge in [0.1, 0.15) is 0 Å². The van der Waals surface area contributed by atoms with Crippen LogP contribution in [0.1, 0.15) is 20.3 Å². The molecular weight excluding hydrogens is 248 g/mol. The molecule has 0 unspecified atom stereocenters. The quantitative estimate of drug-likeness (QED) is 0.636. The summed E-state index contributed by atoms with van der Waals surface area (Å²) in [5.74, 6) is 0. The van der Waals surface area contributed by atoms with Crippen molar-refractivity contribution in [3.63, 3.8) is 0 Å². The molecule has 0 bridgehead atoms. The Morgan fingerprint density at radius 2 is 1.12 bits per heavy atom. The summed E-state index contributed by atoms with van der Waals surface area (Å²) < 4.78 is 13.0. The fourth-order valence-corrected chi connectivity index (χ4v) is 14.5. The van der Waals surface area contributed by atoms with E-state index in [9.17, 15) is 0 Å². The van der Waals surface area contributed by atoms with Gasteiger partial charge in [-0.2, -0.15) is 0 Å². The second-order valence-electron chi connectivity index (χ2n) is 6.44. The highest BCUT2D eigenvalue weighted by Gasteiger charge is 2.42. The van der Waals surface area contributed by atoms with Crippen LogP contribution < -0.4 is 0 Å². The molecule has 0 aliphatic rings. The van der Waals surface area contributed by atoms with Gasteiger partial charge in [-0.05, 0) is 51.4 Å². The topological polar surface area (TPSA) is 18.5 Å². The lowest BCUT2D eigenvalue weighted by atomic mass is 10.6. The van der Waals surface area contributed by atoms with Gasteiger partial charge in [0.2, 0.25) is 0 Å². The normalized spacial score (nSPS) is 14.2. The van der Waals surface area contributed by atoms with E-state index >= 15 is 0 Å². The van der Waals surface area contributed by atoms with Gasteiger partial charge in [-0.15, -0.1) is 0 Å². The van der Waals surface area contributed by atoms with Crippen LogP contribution in [0.4, 0.5) is 0 Å². The van der Waals surface area contributed by atoms with Gasteiger partial charge < -0.3 is 8.23 Å². The molecule has 0 N–H and O–H groups in total. The summed E-state index contributed by atoms with van der Waals surface area (Å²) in [7, 11) is -4.90. The maximum atomic E-state index is 6.48. The molecule has 0 spiro atoms. The van der Waals surface area contributed by atoms with Crippen LogP contribution in [0, 0.1) is 0 Å². The van der Waals surface area contributed by atoms with Gasteiger partial charge in [-0.25, -0.2) is 0 Å². The first-order valence-corrected chi connectivity index (χ1v) is 15.5. The van der Waals surface area contributed by atoms with Crippen LogP contribution in [-0.2, 0) is 8.23 Å². The lowest BCUT2D eigenvalue weighted by molar-refractivity contribution is 0.373. The molecule has 0 atom stereocenters. The van der Waals surface area contributed by atoms with E-state index < -0.39 is 25.2 Å². The zero-order valence-electron chi connectivity index (χ0n) is 12.4. The Morgan fingerprint density at radius 1 is 0.750 bits per heavy atom. The molecule has 0 aliphatic heterocycles. The summed E-state index contributed by atoms with van der Waals surface area (Å²) in [5.41, 5.74) is 0. The number of hydrogen-bond acceptors (Lipinski definition) is 2. The van der Waals surface area contributed by atoms with E-state index in [0.29, 0.717) is 0 Å². The summed E-state index contributed by atoms with van der Waals surface area (Å²) in [6, 6.07) is 2.24. The molecule has 0 aromatic heterocycles. The van der Waals surface area contributed by atoms with Crippen molar-refractivity contribution in [3.05, 3.63) is 0 Å². The maximum Gasteiger partial charge on any atom is 0.317 e. The van der Waals surface area contributed by atoms with E-state index in [1.807, 2.05) is 0 Å². The molecule has 98 valence electrons. The molecule has 0 saturated heterocycles. The fraction of sp³-hybridized carbons (Fsp3) is 1.00. The van der Waals surface area contributed by atoms with Gasteiger partial charge in [-0.1, -0.05) is 20.3 Å². The molecule has 0 rings (SSSR count). The molecule has 16 heavy (non-hydrogen) atoms. The highest BCUT2D eigenvalue weighted by molar-refractivity contribution is 6.88. The molecule has 2 nitrogen and oxygen atoms in total. The Kier molecular flexibility index (Phi) is 6.16. The smallest absolute Gasteiger partial charge is 0.317 e. The van der Waals surface area contributed by atoms with Crippen LogP contribution in [-0.4, -0.2) is 25.2 Å². The van der Waals surface area contributed by atoms with Crippen LogP contribution in [0.5, 0.6) is 0 Å². The Balaban J connectivity index is 4.85. The van der Waals surface area contributed by atoms with Crippen LogP contribution in [0.3, 0.4) is 0 Å². The van der Waals surface area contributed by atoms with Crippen LogP contribution in [0.2, 0.25) is 51.4 Å². The van der Waals surface area contributed by atoms with E-state index in [1.165, 1.54) is 6.42 Å². The summed E-state index contributed by atoms with van der Waals surface area (Å²) in [5, 5.41) is 0. The fourth-order valence-electron chi connectivity index (χ4n) is 1.94. The van der Waals surface area contributed by atoms with Crippen molar-refractivity contribution >= 4 is 25.2 Å². The summed E-state index contributed by atoms with van der Waals surface area (Å²) in [6.45, 7) is 18.1. The zero-order valence-corrected chi connectivity index (χ0v) is 15.4. The van der Waals surface area contributed by atoms with E-state index in [-0.39, 0.29) is 0 Å². The van der Waals surface area contributed by atoms with Crippen molar-refractivity contribution in [1.82, 2.24) is 0 Å². The van der Waals surface area contributed by atoms with Crippen LogP contribution >= 0.6 is 0 Å². The first-order valence-electron chi connectivity index (χ1n) is 6.44. The van der Waals surface area contributed by atoms with Crippen molar-refractivity contribution in [2.24, 2.45) is 0 Å². The zero-order chi connectivity index (χ0) is 13.0. The second-order valence-corrected chi connectivity index (χ2v) is 19.6. The number of rotatable bonds is 7. The van der Waals surface area contributed by atoms with Gasteiger partial charge in [0.25, 0.3) is 0 Å². The third-order valence-corrected chi connectivity index (χ3v) is 12.4. The Labute approximate surface area is 105 Å². The highest BCUT2D eigenvalue weighted by Crippen LogP contribution is 2.28. The minimum absolute atomic E-state index is 1.09. The summed E-state index contributed by atoms with van der Waals surface area (Å²) in [6.07, 6.45) is 1.18. The van der Waals surface area contributed by atoms with Gasteiger partial charge >= 0.3 is 8.56 Å². The average molecular weight is 279 g/mol. The predicted octanol–water partition coefficient (Wildman–Crippen LogP) is 4.56. The van der Waals surface area contributed by atoms with Gasteiger partial charge in [0.15, 0.2) is 16.6 Å². The lowest BCUT2D eigenvalue weighted by Crippen LogP contribution is -2.54. The maximum absolute atomic E-state index is 6.48. The first-order chi connectivity index (χ1) is 7.04. The Bertz CT molecular complexity index is 190. The average Bonchev–Trinajstić information content (AvgIpc) is 1.98. The molecule has 5 heteroatoms. The molecular formula is C11H30O2Si3. The molecule has 0 heterocycles. The molecule has 0 amide bonds. The van der Waals surface area contributed by atoms with E-state index in [2.05, 4.69) is 53.1 Å². The van der Waals surface area contributed by atoms with Gasteiger partial charge in [0.05, 0.1) is 0 Å². The van der Waals surface area contributed by atoms with Gasteiger partial charge in [0, 0.05) is 0 Å². The molecule has 0 fully saturated rings. The Hall–Kier alpha value is 0.571. The molecule has 0 aliphatic carbocycles. The SMILES string of the molecule is CCC[Si](CC)(O[Si](C)(C)C)O[Si](C)(C)C.